The van der Waals surface area contributed by atoms with Crippen molar-refractivity contribution >= 4 is 28.2 Å². The highest BCUT2D eigenvalue weighted by Gasteiger charge is 2.18. The number of hydrogen-bond donors (Lipinski definition) is 1. The molecule has 0 aliphatic rings. The Hall–Kier alpha value is -2.21. The van der Waals surface area contributed by atoms with Gasteiger partial charge in [-0.3, -0.25) is 4.79 Å². The second-order valence-electron chi connectivity index (χ2n) is 4.21. The molecule has 1 aromatic carbocycles. The largest absolute Gasteiger partial charge is 0.545 e. The molecule has 6 heteroatoms. The summed E-state index contributed by atoms with van der Waals surface area (Å²) in [6.07, 6.45) is 0. The second kappa shape index (κ2) is 5.42. The van der Waals surface area contributed by atoms with E-state index in [1.165, 1.54) is 24.3 Å². The molecule has 1 N–H and O–H groups in total. The Morgan fingerprint density at radius 2 is 1.90 bits per heavy atom. The van der Waals surface area contributed by atoms with Gasteiger partial charge in [-0.1, -0.05) is 12.1 Å². The van der Waals surface area contributed by atoms with E-state index in [0.717, 1.165) is 16.2 Å². The highest BCUT2D eigenvalue weighted by molar-refractivity contribution is 7.16. The van der Waals surface area contributed by atoms with E-state index in [9.17, 15) is 19.1 Å². The van der Waals surface area contributed by atoms with Crippen LogP contribution in [0.3, 0.4) is 0 Å². The Bertz CT molecular complexity index is 694. The Labute approximate surface area is 118 Å². The Morgan fingerprint density at radius 1 is 1.25 bits per heavy atom. The number of benzene rings is 1. The second-order valence-corrected chi connectivity index (χ2v) is 5.43. The van der Waals surface area contributed by atoms with Gasteiger partial charge < -0.3 is 15.2 Å². The number of amides is 1. The number of carbonyl (C=O) groups excluding carboxylic acids is 2. The van der Waals surface area contributed by atoms with Gasteiger partial charge in [0.2, 0.25) is 0 Å². The number of aromatic carboxylic acids is 1. The smallest absolute Gasteiger partial charge is 0.259 e. The molecule has 0 atom stereocenters. The van der Waals surface area contributed by atoms with Crippen LogP contribution in [-0.4, -0.2) is 11.9 Å². The number of carbonyl (C=O) groups is 2. The van der Waals surface area contributed by atoms with Gasteiger partial charge in [-0.25, -0.2) is 4.39 Å². The summed E-state index contributed by atoms with van der Waals surface area (Å²) in [5.41, 5.74) is 0.344. The summed E-state index contributed by atoms with van der Waals surface area (Å²) < 4.78 is 13.5. The minimum absolute atomic E-state index is 0.0582. The molecule has 0 fully saturated rings. The molecule has 2 aromatic rings. The van der Waals surface area contributed by atoms with Crippen molar-refractivity contribution in [3.8, 4) is 0 Å². The lowest BCUT2D eigenvalue weighted by atomic mass is 10.1. The summed E-state index contributed by atoms with van der Waals surface area (Å²) in [6, 6.07) is 5.50. The zero-order valence-electron chi connectivity index (χ0n) is 10.8. The summed E-state index contributed by atoms with van der Waals surface area (Å²) in [5.74, 6) is -2.72. The van der Waals surface area contributed by atoms with E-state index in [4.69, 9.17) is 0 Å². The molecular formula is C14H11FNO3S-. The van der Waals surface area contributed by atoms with Crippen LogP contribution in [0.1, 0.15) is 31.2 Å². The standard InChI is InChI=1S/C14H12FNO3S/c1-7-8(2)20-13(11(7)14(18)19)16-12(17)9-5-3-4-6-10(9)15/h3-6H,1-2H3,(H,16,17)(H,18,19)/p-1. The van der Waals surface area contributed by atoms with E-state index in [-0.39, 0.29) is 16.1 Å². The topological polar surface area (TPSA) is 69.2 Å². The summed E-state index contributed by atoms with van der Waals surface area (Å²) in [4.78, 5) is 23.8. The van der Waals surface area contributed by atoms with Crippen LogP contribution in [0.25, 0.3) is 0 Å². The average molecular weight is 292 g/mol. The van der Waals surface area contributed by atoms with Gasteiger partial charge in [-0.15, -0.1) is 11.3 Å². The van der Waals surface area contributed by atoms with Crippen LogP contribution in [0, 0.1) is 19.7 Å². The van der Waals surface area contributed by atoms with Crippen molar-refractivity contribution in [3.05, 3.63) is 51.7 Å². The first-order chi connectivity index (χ1) is 9.41. The molecule has 0 saturated carbocycles. The molecule has 0 spiro atoms. The zero-order chi connectivity index (χ0) is 14.9. The fraction of sp³-hybridized carbons (Fsp3) is 0.143. The molecule has 1 aromatic heterocycles. The Morgan fingerprint density at radius 3 is 2.50 bits per heavy atom. The fourth-order valence-corrected chi connectivity index (χ4v) is 2.82. The lowest BCUT2D eigenvalue weighted by Gasteiger charge is -2.08. The minimum atomic E-state index is -1.37. The van der Waals surface area contributed by atoms with Crippen LogP contribution >= 0.6 is 11.3 Å². The van der Waals surface area contributed by atoms with Crippen LogP contribution < -0.4 is 10.4 Å². The van der Waals surface area contributed by atoms with Crippen LogP contribution in [0.4, 0.5) is 9.39 Å². The van der Waals surface area contributed by atoms with Gasteiger partial charge in [0.1, 0.15) is 10.8 Å². The number of nitrogens with one attached hydrogen (secondary N) is 1. The van der Waals surface area contributed by atoms with Gasteiger partial charge >= 0.3 is 0 Å². The first kappa shape index (κ1) is 14.2. The molecule has 104 valence electrons. The van der Waals surface area contributed by atoms with Crippen LogP contribution in [0.15, 0.2) is 24.3 Å². The molecule has 4 nitrogen and oxygen atoms in total. The van der Waals surface area contributed by atoms with Crippen molar-refractivity contribution < 1.29 is 19.1 Å². The number of rotatable bonds is 3. The lowest BCUT2D eigenvalue weighted by molar-refractivity contribution is -0.254. The molecule has 0 saturated heterocycles. The molecular weight excluding hydrogens is 281 g/mol. The molecule has 0 bridgehead atoms. The highest BCUT2D eigenvalue weighted by atomic mass is 32.1. The maximum Gasteiger partial charge on any atom is 0.259 e. The summed E-state index contributed by atoms with van der Waals surface area (Å²) in [7, 11) is 0. The average Bonchev–Trinajstić information content (AvgIpc) is 2.65. The molecule has 0 aliphatic heterocycles. The van der Waals surface area contributed by atoms with Gasteiger partial charge in [-0.2, -0.15) is 0 Å². The molecule has 0 radical (unpaired) electrons. The van der Waals surface area contributed by atoms with E-state index < -0.39 is 17.7 Å². The van der Waals surface area contributed by atoms with Crippen molar-refractivity contribution in [3.63, 3.8) is 0 Å². The molecule has 0 aliphatic carbocycles. The Kier molecular flexibility index (Phi) is 3.85. The van der Waals surface area contributed by atoms with Crippen molar-refractivity contribution in [2.24, 2.45) is 0 Å². The third-order valence-electron chi connectivity index (χ3n) is 2.93. The van der Waals surface area contributed by atoms with E-state index in [1.54, 1.807) is 13.8 Å². The highest BCUT2D eigenvalue weighted by Crippen LogP contribution is 2.32. The quantitative estimate of drug-likeness (QED) is 0.942. The third kappa shape index (κ3) is 2.55. The molecule has 1 amide bonds. The number of hydrogen-bond acceptors (Lipinski definition) is 4. The monoisotopic (exact) mass is 292 g/mol. The molecule has 2 rings (SSSR count). The number of carboxylic acid groups (broad SMARTS) is 1. The van der Waals surface area contributed by atoms with Crippen LogP contribution in [-0.2, 0) is 0 Å². The maximum absolute atomic E-state index is 13.5. The van der Waals surface area contributed by atoms with E-state index in [2.05, 4.69) is 5.32 Å². The number of thiophene rings is 1. The fourth-order valence-electron chi connectivity index (χ4n) is 1.78. The lowest BCUT2D eigenvalue weighted by Crippen LogP contribution is -2.24. The van der Waals surface area contributed by atoms with Crippen molar-refractivity contribution in [2.45, 2.75) is 13.8 Å². The first-order valence-electron chi connectivity index (χ1n) is 5.79. The van der Waals surface area contributed by atoms with Crippen molar-refractivity contribution in [2.75, 3.05) is 5.32 Å². The summed E-state index contributed by atoms with van der Waals surface area (Å²) in [5, 5.41) is 13.7. The van der Waals surface area contributed by atoms with Gasteiger partial charge in [0.25, 0.3) is 5.91 Å². The van der Waals surface area contributed by atoms with Crippen LogP contribution in [0.5, 0.6) is 0 Å². The third-order valence-corrected chi connectivity index (χ3v) is 4.06. The van der Waals surface area contributed by atoms with Crippen LogP contribution in [0.2, 0.25) is 0 Å². The van der Waals surface area contributed by atoms with Crippen molar-refractivity contribution in [1.82, 2.24) is 0 Å². The molecule has 20 heavy (non-hydrogen) atoms. The summed E-state index contributed by atoms with van der Waals surface area (Å²) in [6.45, 7) is 3.38. The first-order valence-corrected chi connectivity index (χ1v) is 6.60. The van der Waals surface area contributed by atoms with E-state index in [0.29, 0.717) is 5.56 Å². The summed E-state index contributed by atoms with van der Waals surface area (Å²) >= 11 is 1.12. The Balaban J connectivity index is 2.36. The number of aryl methyl sites for hydroxylation is 1. The predicted molar refractivity (Wildman–Crippen MR) is 72.5 cm³/mol. The van der Waals surface area contributed by atoms with Crippen molar-refractivity contribution in [1.29, 1.82) is 0 Å². The normalized spacial score (nSPS) is 10.3. The number of halogens is 1. The number of anilines is 1. The number of carboxylic acids is 1. The molecule has 1 heterocycles. The zero-order valence-corrected chi connectivity index (χ0v) is 11.6. The maximum atomic E-state index is 13.5. The van der Waals surface area contributed by atoms with E-state index in [1.807, 2.05) is 0 Å². The van der Waals surface area contributed by atoms with Gasteiger partial charge in [0.15, 0.2) is 0 Å². The minimum Gasteiger partial charge on any atom is -0.545 e. The van der Waals surface area contributed by atoms with Gasteiger partial charge in [0, 0.05) is 10.4 Å². The predicted octanol–water partition coefficient (Wildman–Crippen LogP) is 2.12. The van der Waals surface area contributed by atoms with E-state index >= 15 is 0 Å². The van der Waals surface area contributed by atoms with Gasteiger partial charge in [-0.05, 0) is 31.5 Å². The SMILES string of the molecule is Cc1sc(NC(=O)c2ccccc2F)c(C(=O)[O-])c1C. The molecule has 0 unspecified atom stereocenters. The van der Waals surface area contributed by atoms with Gasteiger partial charge in [0.05, 0.1) is 11.5 Å².